The lowest BCUT2D eigenvalue weighted by Gasteiger charge is -2.36. The lowest BCUT2D eigenvalue weighted by atomic mass is 10.0. The summed E-state index contributed by atoms with van der Waals surface area (Å²) in [7, 11) is 1.78. The number of nitrogens with zero attached hydrogens (tertiary/aromatic N) is 4. The molecular weight excluding hydrogens is 463 g/mol. The first kappa shape index (κ1) is 26.0. The molecule has 1 fully saturated rings. The molecule has 3 unspecified atom stereocenters. The largest absolute Gasteiger partial charge is 0.491 e. The van der Waals surface area contributed by atoms with Gasteiger partial charge in [0.25, 0.3) is 0 Å². The number of hydrogen-bond donors (Lipinski definition) is 3. The fourth-order valence-electron chi connectivity index (χ4n) is 4.50. The number of halogens is 1. The topological polar surface area (TPSA) is 109 Å². The van der Waals surface area contributed by atoms with Crippen LogP contribution in [0.4, 0.5) is 10.2 Å². The van der Waals surface area contributed by atoms with Gasteiger partial charge in [0.1, 0.15) is 36.2 Å². The van der Waals surface area contributed by atoms with Crippen molar-refractivity contribution in [3.8, 4) is 28.4 Å². The first-order valence-corrected chi connectivity index (χ1v) is 12.3. The molecule has 4 rings (SSSR count). The highest BCUT2D eigenvalue weighted by Crippen LogP contribution is 2.35. The molecule has 9 nitrogen and oxygen atoms in total. The SMILES string of the molecule is CNCC(O)COc1cccc(-c2nc(-c3c(C)noc3C)c(C)c(N3CCNC(C(C)F)C3)n2)c1. The average molecular weight is 499 g/mol. The summed E-state index contributed by atoms with van der Waals surface area (Å²) in [6.45, 7) is 9.79. The van der Waals surface area contributed by atoms with Gasteiger partial charge >= 0.3 is 0 Å². The van der Waals surface area contributed by atoms with Gasteiger partial charge in [-0.2, -0.15) is 0 Å². The molecule has 0 saturated carbocycles. The van der Waals surface area contributed by atoms with Gasteiger partial charge in [-0.15, -0.1) is 0 Å². The van der Waals surface area contributed by atoms with Crippen LogP contribution in [0.5, 0.6) is 5.75 Å². The van der Waals surface area contributed by atoms with Crippen LogP contribution in [0.1, 0.15) is 23.9 Å². The van der Waals surface area contributed by atoms with Crippen LogP contribution in [0.25, 0.3) is 22.6 Å². The Labute approximate surface area is 211 Å². The van der Waals surface area contributed by atoms with Crippen LogP contribution < -0.4 is 20.3 Å². The number of aliphatic hydroxyl groups is 1. The van der Waals surface area contributed by atoms with E-state index in [-0.39, 0.29) is 12.6 Å². The van der Waals surface area contributed by atoms with E-state index in [1.165, 1.54) is 0 Å². The fourth-order valence-corrected chi connectivity index (χ4v) is 4.50. The van der Waals surface area contributed by atoms with Gasteiger partial charge in [0, 0.05) is 37.3 Å². The number of ether oxygens (including phenoxy) is 1. The number of nitrogens with one attached hydrogen (secondary N) is 2. The van der Waals surface area contributed by atoms with E-state index >= 15 is 0 Å². The second-order valence-electron chi connectivity index (χ2n) is 9.28. The lowest BCUT2D eigenvalue weighted by Crippen LogP contribution is -2.54. The highest BCUT2D eigenvalue weighted by molar-refractivity contribution is 5.75. The second-order valence-corrected chi connectivity index (χ2v) is 9.28. The van der Waals surface area contributed by atoms with E-state index in [9.17, 15) is 9.50 Å². The Morgan fingerprint density at radius 1 is 1.31 bits per heavy atom. The van der Waals surface area contributed by atoms with Crippen LogP contribution in [-0.2, 0) is 0 Å². The lowest BCUT2D eigenvalue weighted by molar-refractivity contribution is 0.108. The molecule has 194 valence electrons. The molecule has 1 aliphatic rings. The maximum Gasteiger partial charge on any atom is 0.162 e. The smallest absolute Gasteiger partial charge is 0.162 e. The van der Waals surface area contributed by atoms with E-state index in [2.05, 4.69) is 20.7 Å². The summed E-state index contributed by atoms with van der Waals surface area (Å²) in [6.07, 6.45) is -1.60. The highest BCUT2D eigenvalue weighted by atomic mass is 19.1. The minimum Gasteiger partial charge on any atom is -0.491 e. The zero-order chi connectivity index (χ0) is 25.8. The molecule has 3 N–H and O–H groups in total. The number of aryl methyl sites for hydroxylation is 2. The van der Waals surface area contributed by atoms with Crippen molar-refractivity contribution in [2.24, 2.45) is 0 Å². The maximum atomic E-state index is 14.2. The first-order chi connectivity index (χ1) is 17.3. The third kappa shape index (κ3) is 5.66. The fraction of sp³-hybridized carbons (Fsp3) is 0.500. The summed E-state index contributed by atoms with van der Waals surface area (Å²) < 4.78 is 25.4. The summed E-state index contributed by atoms with van der Waals surface area (Å²) in [5, 5.41) is 20.3. The predicted molar refractivity (Wildman–Crippen MR) is 137 cm³/mol. The molecule has 3 aromatic rings. The standard InChI is InChI=1S/C26H35FN6O3/c1-15-24(23-17(3)32-36-18(23)4)30-25(31-26(15)33-10-9-29-22(13-33)16(2)27)19-7-6-8-21(11-19)35-14-20(34)12-28-5/h6-8,11,16,20,22,28-29,34H,9-10,12-14H2,1-5H3. The van der Waals surface area contributed by atoms with Crippen LogP contribution >= 0.6 is 0 Å². The minimum absolute atomic E-state index is 0.165. The quantitative estimate of drug-likeness (QED) is 0.410. The van der Waals surface area contributed by atoms with Crippen molar-refractivity contribution in [2.75, 3.05) is 44.7 Å². The Morgan fingerprint density at radius 3 is 2.81 bits per heavy atom. The highest BCUT2D eigenvalue weighted by Gasteiger charge is 2.28. The van der Waals surface area contributed by atoms with E-state index in [4.69, 9.17) is 19.2 Å². The van der Waals surface area contributed by atoms with Gasteiger partial charge in [-0.1, -0.05) is 17.3 Å². The Kier molecular flexibility index (Phi) is 8.17. The van der Waals surface area contributed by atoms with E-state index < -0.39 is 12.3 Å². The number of anilines is 1. The number of rotatable bonds is 9. The van der Waals surface area contributed by atoms with Gasteiger partial charge in [-0.3, -0.25) is 0 Å². The Bertz CT molecular complexity index is 1160. The van der Waals surface area contributed by atoms with Crippen LogP contribution in [0.15, 0.2) is 28.8 Å². The molecule has 1 aliphatic heterocycles. The molecule has 0 aliphatic carbocycles. The number of aliphatic hydroxyl groups excluding tert-OH is 1. The summed E-state index contributed by atoms with van der Waals surface area (Å²) in [5.41, 5.74) is 3.99. The van der Waals surface area contributed by atoms with Crippen molar-refractivity contribution in [2.45, 2.75) is 46.0 Å². The van der Waals surface area contributed by atoms with Crippen LogP contribution in [-0.4, -0.2) is 78.4 Å². The Morgan fingerprint density at radius 2 is 2.11 bits per heavy atom. The van der Waals surface area contributed by atoms with Gasteiger partial charge in [-0.05, 0) is 46.9 Å². The van der Waals surface area contributed by atoms with Crippen molar-refractivity contribution < 1.29 is 18.8 Å². The normalized spacial score (nSPS) is 17.8. The molecule has 10 heteroatoms. The van der Waals surface area contributed by atoms with Crippen LogP contribution in [0, 0.1) is 20.8 Å². The molecule has 0 bridgehead atoms. The number of aromatic nitrogens is 3. The van der Waals surface area contributed by atoms with Gasteiger partial charge in [0.05, 0.1) is 23.0 Å². The number of alkyl halides is 1. The molecule has 0 radical (unpaired) electrons. The summed E-state index contributed by atoms with van der Waals surface area (Å²) in [5.74, 6) is 2.58. The molecule has 1 saturated heterocycles. The van der Waals surface area contributed by atoms with E-state index in [0.29, 0.717) is 43.5 Å². The number of benzene rings is 1. The van der Waals surface area contributed by atoms with Gasteiger partial charge < -0.3 is 29.9 Å². The molecule has 36 heavy (non-hydrogen) atoms. The Balaban J connectivity index is 1.76. The Hall–Kier alpha value is -3.08. The first-order valence-electron chi connectivity index (χ1n) is 12.3. The van der Waals surface area contributed by atoms with Gasteiger partial charge in [0.15, 0.2) is 5.82 Å². The molecule has 3 heterocycles. The molecule has 3 atom stereocenters. The third-order valence-corrected chi connectivity index (χ3v) is 6.42. The summed E-state index contributed by atoms with van der Waals surface area (Å²) in [4.78, 5) is 12.0. The molecule has 1 aromatic carbocycles. The molecular formula is C26H35FN6O3. The van der Waals surface area contributed by atoms with Crippen LogP contribution in [0.2, 0.25) is 0 Å². The van der Waals surface area contributed by atoms with Crippen molar-refractivity contribution in [3.63, 3.8) is 0 Å². The van der Waals surface area contributed by atoms with Gasteiger partial charge in [-0.25, -0.2) is 14.4 Å². The number of piperazine rings is 1. The predicted octanol–water partition coefficient (Wildman–Crippen LogP) is 2.82. The number of likely N-dealkylation sites (N-methyl/N-ethyl adjacent to an activating group) is 1. The minimum atomic E-state index is -0.983. The zero-order valence-corrected chi connectivity index (χ0v) is 21.5. The van der Waals surface area contributed by atoms with Crippen LogP contribution in [0.3, 0.4) is 0 Å². The summed E-state index contributed by atoms with van der Waals surface area (Å²) >= 11 is 0. The second kappa shape index (κ2) is 11.3. The van der Waals surface area contributed by atoms with Crippen molar-refractivity contribution in [1.29, 1.82) is 0 Å². The van der Waals surface area contributed by atoms with Crippen molar-refractivity contribution >= 4 is 5.82 Å². The van der Waals surface area contributed by atoms with Crippen molar-refractivity contribution in [3.05, 3.63) is 41.3 Å². The monoisotopic (exact) mass is 498 g/mol. The van der Waals surface area contributed by atoms with Crippen molar-refractivity contribution in [1.82, 2.24) is 25.8 Å². The maximum absolute atomic E-state index is 14.2. The number of hydrogen-bond acceptors (Lipinski definition) is 9. The van der Waals surface area contributed by atoms with E-state index in [0.717, 1.165) is 33.9 Å². The molecule has 0 amide bonds. The zero-order valence-electron chi connectivity index (χ0n) is 21.5. The molecule has 0 spiro atoms. The van der Waals surface area contributed by atoms with Gasteiger partial charge in [0.2, 0.25) is 0 Å². The molecule has 2 aromatic heterocycles. The van der Waals surface area contributed by atoms with E-state index in [1.54, 1.807) is 14.0 Å². The average Bonchev–Trinajstić information content (AvgIpc) is 3.21. The third-order valence-electron chi connectivity index (χ3n) is 6.42. The van der Waals surface area contributed by atoms with E-state index in [1.807, 2.05) is 45.0 Å². The summed E-state index contributed by atoms with van der Waals surface area (Å²) in [6, 6.07) is 7.22.